The standard InChI is InChI=1S/2Ca.3H3O4P.H2O.4H/c;;3*1-5(2,3)4;;;;;/h;;3*(H3,1,2,3,4);1H2;;;;/q2*+2;;;;;4*-1. The van der Waals surface area contributed by atoms with E-state index in [9.17, 15) is 0 Å². The first-order chi connectivity index (χ1) is 6.00. The van der Waals surface area contributed by atoms with Gasteiger partial charge < -0.3 is 55.2 Å². The number of hydrogen-bond acceptors (Lipinski definition) is 3. The molecule has 0 saturated carbocycles. The van der Waals surface area contributed by atoms with Gasteiger partial charge in [-0.05, 0) is 0 Å². The Bertz CT molecular complexity index is 221. The Balaban J connectivity index is -0.0000000106. The van der Waals surface area contributed by atoms with Crippen LogP contribution in [0.1, 0.15) is 5.71 Å². The fourth-order valence-electron chi connectivity index (χ4n) is 0. The van der Waals surface area contributed by atoms with Crippen LogP contribution in [0.5, 0.6) is 0 Å². The van der Waals surface area contributed by atoms with E-state index in [-0.39, 0.29) is 86.7 Å². The predicted molar refractivity (Wildman–Crippen MR) is 62.4 cm³/mol. The molecule has 11 N–H and O–H groups in total. The maximum atomic E-state index is 8.88. The van der Waals surface area contributed by atoms with Gasteiger partial charge in [0.15, 0.2) is 0 Å². The molecular formula is H15Ca2O13P3. The van der Waals surface area contributed by atoms with E-state index in [1.165, 1.54) is 0 Å². The molecule has 0 spiro atoms. The van der Waals surface area contributed by atoms with Gasteiger partial charge in [0.2, 0.25) is 0 Å². The molecule has 0 aliphatic heterocycles. The summed E-state index contributed by atoms with van der Waals surface area (Å²) < 4.78 is 26.6. The Hall–Kier alpha value is 2.81. The van der Waals surface area contributed by atoms with Gasteiger partial charge in [-0.1, -0.05) is 0 Å². The largest absolute Gasteiger partial charge is 2.00 e. The van der Waals surface area contributed by atoms with Crippen molar-refractivity contribution in [3.8, 4) is 0 Å². The van der Waals surface area contributed by atoms with Crippen molar-refractivity contribution in [1.29, 1.82) is 0 Å². The summed E-state index contributed by atoms with van der Waals surface area (Å²) in [4.78, 5) is 64.7. The second-order valence-corrected chi connectivity index (χ2v) is 4.62. The first-order valence-corrected chi connectivity index (χ1v) is 7.04. The summed E-state index contributed by atoms with van der Waals surface area (Å²) in [7, 11) is -13.9. The Kier molecular flexibility index (Phi) is 33.5. The van der Waals surface area contributed by atoms with Crippen molar-refractivity contribution in [2.45, 2.75) is 0 Å². The minimum Gasteiger partial charge on any atom is -1.00 e. The molecule has 112 valence electrons. The fourth-order valence-corrected chi connectivity index (χ4v) is 0. The molecule has 0 fully saturated rings. The topological polar surface area (TPSA) is 265 Å². The summed E-state index contributed by atoms with van der Waals surface area (Å²) in [6, 6.07) is 0. The van der Waals surface area contributed by atoms with Crippen LogP contribution in [0.25, 0.3) is 0 Å². The molecule has 0 saturated heterocycles. The summed E-state index contributed by atoms with van der Waals surface area (Å²) >= 11 is 0. The van der Waals surface area contributed by atoms with E-state index in [1.807, 2.05) is 0 Å². The van der Waals surface area contributed by atoms with Crippen LogP contribution in [0, 0.1) is 0 Å². The third kappa shape index (κ3) is 756. The van der Waals surface area contributed by atoms with Gasteiger partial charge >= 0.3 is 98.9 Å². The number of rotatable bonds is 0. The molecule has 0 rings (SSSR count). The van der Waals surface area contributed by atoms with E-state index in [1.54, 1.807) is 0 Å². The van der Waals surface area contributed by atoms with Gasteiger partial charge in [0, 0.05) is 0 Å². The molecule has 0 aromatic carbocycles. The molecule has 0 radical (unpaired) electrons. The maximum Gasteiger partial charge on any atom is 2.00 e. The maximum absolute atomic E-state index is 8.88. The van der Waals surface area contributed by atoms with Gasteiger partial charge in [-0.3, -0.25) is 0 Å². The van der Waals surface area contributed by atoms with Gasteiger partial charge in [-0.15, -0.1) is 0 Å². The van der Waals surface area contributed by atoms with Crippen LogP contribution in [0.2, 0.25) is 0 Å². The smallest absolute Gasteiger partial charge is 1.00 e. The van der Waals surface area contributed by atoms with Crippen molar-refractivity contribution in [1.82, 2.24) is 0 Å². The van der Waals surface area contributed by atoms with E-state index in [0.717, 1.165) is 0 Å². The molecule has 0 aliphatic rings. The van der Waals surface area contributed by atoms with Gasteiger partial charge in [0.25, 0.3) is 0 Å². The minimum absolute atomic E-state index is 0. The Morgan fingerprint density at radius 2 is 0.500 bits per heavy atom. The van der Waals surface area contributed by atoms with E-state index in [2.05, 4.69) is 0 Å². The second-order valence-electron chi connectivity index (χ2n) is 1.54. The summed E-state index contributed by atoms with van der Waals surface area (Å²) in [5.41, 5.74) is 0. The molecule has 0 atom stereocenters. The van der Waals surface area contributed by atoms with Crippen molar-refractivity contribution in [2.75, 3.05) is 0 Å². The quantitative estimate of drug-likeness (QED) is 0.140. The predicted octanol–water partition coefficient (Wildman–Crippen LogP) is -3.92. The van der Waals surface area contributed by atoms with Crippen LogP contribution in [0.4, 0.5) is 0 Å². The normalized spacial score (nSPS) is 9.83. The number of phosphoric acid groups is 3. The van der Waals surface area contributed by atoms with Crippen LogP contribution >= 0.6 is 23.5 Å². The second kappa shape index (κ2) is 16.2. The summed E-state index contributed by atoms with van der Waals surface area (Å²) in [5.74, 6) is 0. The molecule has 0 aromatic heterocycles. The minimum atomic E-state index is -4.64. The number of hydrogen-bond donors (Lipinski definition) is 9. The average Bonchev–Trinajstić information content (AvgIpc) is 1.41. The molecule has 13 nitrogen and oxygen atoms in total. The summed E-state index contributed by atoms with van der Waals surface area (Å²) in [6.45, 7) is 0. The van der Waals surface area contributed by atoms with Gasteiger partial charge in [-0.2, -0.15) is 0 Å². The first-order valence-electron chi connectivity index (χ1n) is 2.35. The summed E-state index contributed by atoms with van der Waals surface area (Å²) in [5, 5.41) is 0. The monoisotopic (exact) mass is 396 g/mol. The van der Waals surface area contributed by atoms with Crippen molar-refractivity contribution < 1.29 is 68.9 Å². The third-order valence-corrected chi connectivity index (χ3v) is 0. The Morgan fingerprint density at radius 3 is 0.500 bits per heavy atom. The van der Waals surface area contributed by atoms with E-state index in [0.29, 0.717) is 0 Å². The average molecular weight is 396 g/mol. The van der Waals surface area contributed by atoms with Crippen molar-refractivity contribution in [3.05, 3.63) is 0 Å². The summed E-state index contributed by atoms with van der Waals surface area (Å²) in [6.07, 6.45) is 0. The third-order valence-electron chi connectivity index (χ3n) is 0. The Labute approximate surface area is 166 Å². The molecule has 0 aromatic rings. The van der Waals surface area contributed by atoms with Crippen LogP contribution in [0.15, 0.2) is 0 Å². The van der Waals surface area contributed by atoms with Crippen molar-refractivity contribution in [3.63, 3.8) is 0 Å². The molecular weight excluding hydrogens is 381 g/mol. The van der Waals surface area contributed by atoms with Crippen molar-refractivity contribution in [2.24, 2.45) is 0 Å². The van der Waals surface area contributed by atoms with Crippen LogP contribution in [0.3, 0.4) is 0 Å². The SMILES string of the molecule is O.O=P(O)(O)O.O=P(O)(O)O.O=P(O)(O)O.[Ca+2].[Ca+2].[H-].[H-].[H-].[H-]. The molecule has 0 aliphatic carbocycles. The molecule has 0 heterocycles. The van der Waals surface area contributed by atoms with Crippen molar-refractivity contribution >= 4 is 98.9 Å². The van der Waals surface area contributed by atoms with E-state index < -0.39 is 23.5 Å². The zero-order valence-corrected chi connectivity index (χ0v) is 15.6. The zero-order valence-electron chi connectivity index (χ0n) is 12.5. The van der Waals surface area contributed by atoms with Gasteiger partial charge in [0.1, 0.15) is 0 Å². The van der Waals surface area contributed by atoms with Crippen LogP contribution in [-0.4, -0.2) is 125 Å². The molecule has 0 bridgehead atoms. The Morgan fingerprint density at radius 1 is 0.500 bits per heavy atom. The van der Waals surface area contributed by atoms with Gasteiger partial charge in [0.05, 0.1) is 0 Å². The zero-order chi connectivity index (χ0) is 13.5. The molecule has 18 heavy (non-hydrogen) atoms. The first kappa shape index (κ1) is 37.2. The van der Waals surface area contributed by atoms with E-state index in [4.69, 9.17) is 57.7 Å². The molecule has 0 unspecified atom stereocenters. The van der Waals surface area contributed by atoms with Crippen LogP contribution in [-0.2, 0) is 13.7 Å². The molecule has 18 heteroatoms. The molecule has 0 amide bonds. The van der Waals surface area contributed by atoms with E-state index >= 15 is 0 Å². The fraction of sp³-hybridized carbons (Fsp3) is 0. The van der Waals surface area contributed by atoms with Gasteiger partial charge in [-0.25, -0.2) is 13.7 Å². The van der Waals surface area contributed by atoms with Crippen LogP contribution < -0.4 is 0 Å².